The number of aromatic nitrogens is 2. The van der Waals surface area contributed by atoms with Gasteiger partial charge in [-0.2, -0.15) is 0 Å². The minimum Gasteiger partial charge on any atom is -0.444 e. The highest BCUT2D eigenvalue weighted by molar-refractivity contribution is 6.29. The van der Waals surface area contributed by atoms with E-state index in [-0.39, 0.29) is 6.09 Å². The van der Waals surface area contributed by atoms with Gasteiger partial charge in [-0.15, -0.1) is 0 Å². The molecular weight excluding hydrogens is 316 g/mol. The van der Waals surface area contributed by atoms with Gasteiger partial charge in [-0.25, -0.2) is 9.78 Å². The topological polar surface area (TPSA) is 59.4 Å². The van der Waals surface area contributed by atoms with Crippen molar-refractivity contribution < 1.29 is 9.53 Å². The predicted octanol–water partition coefficient (Wildman–Crippen LogP) is 2.81. The number of carbonyl (C=O) groups is 1. The molecule has 0 spiro atoms. The average molecular weight is 343 g/mol. The minimum absolute atomic E-state index is 0.348. The van der Waals surface area contributed by atoms with E-state index in [9.17, 15) is 4.79 Å². The average Bonchev–Trinajstić information content (AvgIpc) is 2.92. The smallest absolute Gasteiger partial charge is 0.407 e. The molecule has 1 aromatic rings. The predicted molar refractivity (Wildman–Crippen MR) is 90.4 cm³/mol. The molecule has 1 fully saturated rings. The Kier molecular flexibility index (Phi) is 5.57. The highest BCUT2D eigenvalue weighted by atomic mass is 35.5. The van der Waals surface area contributed by atoms with E-state index in [4.69, 9.17) is 16.3 Å². The first-order valence-electron chi connectivity index (χ1n) is 8.02. The van der Waals surface area contributed by atoms with E-state index in [0.29, 0.717) is 23.7 Å². The Labute approximate surface area is 143 Å². The number of ether oxygens (including phenoxy) is 1. The molecule has 1 aromatic heterocycles. The van der Waals surface area contributed by atoms with Crippen molar-refractivity contribution in [2.75, 3.05) is 13.1 Å². The van der Waals surface area contributed by atoms with Gasteiger partial charge in [0.2, 0.25) is 0 Å². The molecule has 2 rings (SSSR count). The normalized spacial score (nSPS) is 22.3. The Bertz CT molecular complexity index is 553. The summed E-state index contributed by atoms with van der Waals surface area (Å²) < 4.78 is 7.18. The molecule has 0 unspecified atom stereocenters. The molecule has 6 nitrogen and oxygen atoms in total. The zero-order chi connectivity index (χ0) is 17.2. The summed E-state index contributed by atoms with van der Waals surface area (Å²) in [6.45, 7) is 10.1. The molecule has 23 heavy (non-hydrogen) atoms. The molecule has 0 aliphatic carbocycles. The number of likely N-dealkylation sites (tertiary alicyclic amines) is 1. The lowest BCUT2D eigenvalue weighted by molar-refractivity contribution is 0.0519. The molecule has 0 radical (unpaired) electrons. The first-order chi connectivity index (χ1) is 10.7. The van der Waals surface area contributed by atoms with E-state index in [1.807, 2.05) is 32.4 Å². The van der Waals surface area contributed by atoms with Gasteiger partial charge >= 0.3 is 6.09 Å². The second kappa shape index (κ2) is 7.09. The van der Waals surface area contributed by atoms with Crippen LogP contribution >= 0.6 is 11.6 Å². The zero-order valence-corrected chi connectivity index (χ0v) is 15.4. The zero-order valence-electron chi connectivity index (χ0n) is 14.6. The Hall–Kier alpha value is -1.27. The summed E-state index contributed by atoms with van der Waals surface area (Å²) in [7, 11) is 1.92. The van der Waals surface area contributed by atoms with Crippen LogP contribution in [0.25, 0.3) is 0 Å². The monoisotopic (exact) mass is 342 g/mol. The molecule has 1 N–H and O–H groups in total. The standard InChI is InChI=1S/C16H27ClN4O2/c1-11-6-12(7-19-15(22)23-16(2,3)4)9-21(11)10-14-18-8-13(17)20(14)5/h8,11-12H,6-7,9-10H2,1-5H3,(H,19,22)/t11-,12+/m1/s1. The molecule has 0 aromatic carbocycles. The summed E-state index contributed by atoms with van der Waals surface area (Å²) in [4.78, 5) is 18.5. The molecule has 2 atom stereocenters. The fraction of sp³-hybridized carbons (Fsp3) is 0.750. The first kappa shape index (κ1) is 18.1. The summed E-state index contributed by atoms with van der Waals surface area (Å²) in [5.74, 6) is 1.39. The van der Waals surface area contributed by atoms with E-state index in [1.165, 1.54) is 0 Å². The van der Waals surface area contributed by atoms with Crippen LogP contribution in [0.15, 0.2) is 6.20 Å². The molecule has 7 heteroatoms. The third-order valence-electron chi connectivity index (χ3n) is 4.10. The largest absolute Gasteiger partial charge is 0.444 e. The van der Waals surface area contributed by atoms with Gasteiger partial charge in [0.15, 0.2) is 0 Å². The first-order valence-corrected chi connectivity index (χ1v) is 8.40. The number of alkyl carbamates (subject to hydrolysis) is 1. The van der Waals surface area contributed by atoms with Crippen LogP contribution in [-0.4, -0.2) is 45.3 Å². The SMILES string of the molecule is C[C@@H]1C[C@@H](CNC(=O)OC(C)(C)C)CN1Cc1ncc(Cl)n1C. The van der Waals surface area contributed by atoms with Crippen molar-refractivity contribution in [3.63, 3.8) is 0 Å². The fourth-order valence-electron chi connectivity index (χ4n) is 2.88. The number of hydrogen-bond acceptors (Lipinski definition) is 4. The lowest BCUT2D eigenvalue weighted by Gasteiger charge is -2.21. The Morgan fingerprint density at radius 3 is 2.78 bits per heavy atom. The molecule has 1 amide bonds. The highest BCUT2D eigenvalue weighted by Crippen LogP contribution is 2.24. The number of amides is 1. The van der Waals surface area contributed by atoms with Crippen molar-refractivity contribution in [3.05, 3.63) is 17.2 Å². The third-order valence-corrected chi connectivity index (χ3v) is 4.45. The number of nitrogens with one attached hydrogen (secondary N) is 1. The summed E-state index contributed by atoms with van der Waals surface area (Å²) in [5, 5.41) is 3.52. The van der Waals surface area contributed by atoms with E-state index in [1.54, 1.807) is 6.20 Å². The number of nitrogens with zero attached hydrogens (tertiary/aromatic N) is 3. The Morgan fingerprint density at radius 2 is 2.22 bits per heavy atom. The number of halogens is 1. The Morgan fingerprint density at radius 1 is 1.52 bits per heavy atom. The van der Waals surface area contributed by atoms with Gasteiger partial charge in [-0.1, -0.05) is 11.6 Å². The highest BCUT2D eigenvalue weighted by Gasteiger charge is 2.30. The molecular formula is C16H27ClN4O2. The fourth-order valence-corrected chi connectivity index (χ4v) is 3.03. The van der Waals surface area contributed by atoms with Crippen molar-refractivity contribution in [2.24, 2.45) is 13.0 Å². The summed E-state index contributed by atoms with van der Waals surface area (Å²) in [6, 6.07) is 0.455. The van der Waals surface area contributed by atoms with Gasteiger partial charge in [-0.3, -0.25) is 4.90 Å². The van der Waals surface area contributed by atoms with Crippen LogP contribution in [0.2, 0.25) is 5.15 Å². The van der Waals surface area contributed by atoms with Gasteiger partial charge in [-0.05, 0) is 40.0 Å². The molecule has 1 aliphatic rings. The maximum atomic E-state index is 11.7. The third kappa shape index (κ3) is 5.11. The van der Waals surface area contributed by atoms with Crippen LogP contribution in [0, 0.1) is 5.92 Å². The summed E-state index contributed by atoms with van der Waals surface area (Å²) >= 11 is 6.04. The lowest BCUT2D eigenvalue weighted by atomic mass is 10.1. The van der Waals surface area contributed by atoms with Crippen molar-refractivity contribution in [3.8, 4) is 0 Å². The summed E-state index contributed by atoms with van der Waals surface area (Å²) in [5.41, 5.74) is -0.462. The van der Waals surface area contributed by atoms with Crippen molar-refractivity contribution in [2.45, 2.75) is 52.3 Å². The van der Waals surface area contributed by atoms with E-state index in [0.717, 1.165) is 25.3 Å². The molecule has 130 valence electrons. The van der Waals surface area contributed by atoms with Gasteiger partial charge in [0.1, 0.15) is 16.6 Å². The molecule has 1 saturated heterocycles. The van der Waals surface area contributed by atoms with E-state index >= 15 is 0 Å². The maximum Gasteiger partial charge on any atom is 0.407 e. The van der Waals surface area contributed by atoms with Crippen LogP contribution in [0.4, 0.5) is 4.79 Å². The second-order valence-corrected chi connectivity index (χ2v) is 7.71. The van der Waals surface area contributed by atoms with Crippen molar-refractivity contribution in [1.82, 2.24) is 19.8 Å². The van der Waals surface area contributed by atoms with Gasteiger partial charge < -0.3 is 14.6 Å². The number of rotatable bonds is 4. The van der Waals surface area contributed by atoms with Gasteiger partial charge in [0, 0.05) is 26.2 Å². The van der Waals surface area contributed by atoms with Crippen LogP contribution in [0.5, 0.6) is 0 Å². The van der Waals surface area contributed by atoms with Crippen LogP contribution in [-0.2, 0) is 18.3 Å². The minimum atomic E-state index is -0.462. The maximum absolute atomic E-state index is 11.7. The molecule has 0 bridgehead atoms. The Balaban J connectivity index is 1.82. The van der Waals surface area contributed by atoms with Crippen LogP contribution in [0.1, 0.15) is 39.9 Å². The number of hydrogen-bond donors (Lipinski definition) is 1. The van der Waals surface area contributed by atoms with Crippen LogP contribution < -0.4 is 5.32 Å². The molecule has 2 heterocycles. The number of carbonyl (C=O) groups excluding carboxylic acids is 1. The van der Waals surface area contributed by atoms with E-state index < -0.39 is 5.60 Å². The van der Waals surface area contributed by atoms with Crippen molar-refractivity contribution in [1.29, 1.82) is 0 Å². The van der Waals surface area contributed by atoms with E-state index in [2.05, 4.69) is 22.1 Å². The van der Waals surface area contributed by atoms with Crippen molar-refractivity contribution >= 4 is 17.7 Å². The quantitative estimate of drug-likeness (QED) is 0.914. The van der Waals surface area contributed by atoms with Crippen LogP contribution in [0.3, 0.4) is 0 Å². The number of imidazole rings is 1. The molecule has 1 aliphatic heterocycles. The second-order valence-electron chi connectivity index (χ2n) is 7.32. The van der Waals surface area contributed by atoms with Gasteiger partial charge in [0.05, 0.1) is 12.7 Å². The lowest BCUT2D eigenvalue weighted by Crippen LogP contribution is -2.36. The summed E-state index contributed by atoms with van der Waals surface area (Å²) in [6.07, 6.45) is 2.38. The van der Waals surface area contributed by atoms with Gasteiger partial charge in [0.25, 0.3) is 0 Å². The molecule has 0 saturated carbocycles.